The van der Waals surface area contributed by atoms with E-state index in [1.54, 1.807) is 13.8 Å². The fourth-order valence-electron chi connectivity index (χ4n) is 1.16. The maximum atomic E-state index is 12.6. The molecular formula is C11H12FNO2. The van der Waals surface area contributed by atoms with Gasteiger partial charge in [0.2, 0.25) is 5.70 Å². The van der Waals surface area contributed by atoms with E-state index in [-0.39, 0.29) is 17.4 Å². The van der Waals surface area contributed by atoms with Crippen LogP contribution >= 0.6 is 0 Å². The van der Waals surface area contributed by atoms with Gasteiger partial charge in [0.15, 0.2) is 0 Å². The van der Waals surface area contributed by atoms with Crippen molar-refractivity contribution in [1.29, 1.82) is 0 Å². The van der Waals surface area contributed by atoms with Gasteiger partial charge in [-0.05, 0) is 17.7 Å². The van der Waals surface area contributed by atoms with E-state index in [1.807, 2.05) is 0 Å². The summed E-state index contributed by atoms with van der Waals surface area (Å²) in [6.07, 6.45) is 1.46. The number of nitro groups is 1. The van der Waals surface area contributed by atoms with Gasteiger partial charge in [-0.1, -0.05) is 26.0 Å². The third-order valence-corrected chi connectivity index (χ3v) is 1.99. The van der Waals surface area contributed by atoms with Crippen molar-refractivity contribution < 1.29 is 9.31 Å². The molecule has 0 spiro atoms. The number of allylic oxidation sites excluding steroid dienone is 1. The van der Waals surface area contributed by atoms with Gasteiger partial charge in [-0.2, -0.15) is 0 Å². The summed E-state index contributed by atoms with van der Waals surface area (Å²) in [5.41, 5.74) is 0.762. The first-order valence-electron chi connectivity index (χ1n) is 4.62. The van der Waals surface area contributed by atoms with Crippen LogP contribution in [0.1, 0.15) is 19.4 Å². The minimum absolute atomic E-state index is 0.126. The standard InChI is InChI=1S/C11H12FNO2/c1-8(2)11(13(14)15)7-9-3-5-10(12)6-4-9/h3-8H,1-2H3/b11-7-. The second kappa shape index (κ2) is 4.68. The van der Waals surface area contributed by atoms with E-state index in [9.17, 15) is 14.5 Å². The van der Waals surface area contributed by atoms with Crippen molar-refractivity contribution in [3.8, 4) is 0 Å². The van der Waals surface area contributed by atoms with Gasteiger partial charge in [0.1, 0.15) is 5.82 Å². The van der Waals surface area contributed by atoms with E-state index in [4.69, 9.17) is 0 Å². The number of halogens is 1. The molecule has 0 saturated heterocycles. The Hall–Kier alpha value is -1.71. The molecule has 0 aromatic heterocycles. The highest BCUT2D eigenvalue weighted by molar-refractivity contribution is 5.51. The van der Waals surface area contributed by atoms with Gasteiger partial charge in [0, 0.05) is 12.0 Å². The summed E-state index contributed by atoms with van der Waals surface area (Å²) in [6.45, 7) is 3.50. The van der Waals surface area contributed by atoms with Crippen LogP contribution in [-0.2, 0) is 0 Å². The SMILES string of the molecule is CC(C)/C(=C/c1ccc(F)cc1)[N+](=O)[O-]. The van der Waals surface area contributed by atoms with Crippen LogP contribution in [0.3, 0.4) is 0 Å². The third kappa shape index (κ3) is 3.16. The molecule has 0 bridgehead atoms. The predicted octanol–water partition coefficient (Wildman–Crippen LogP) is 3.10. The van der Waals surface area contributed by atoms with Crippen molar-refractivity contribution in [3.63, 3.8) is 0 Å². The van der Waals surface area contributed by atoms with Crippen LogP contribution < -0.4 is 0 Å². The molecule has 0 aliphatic heterocycles. The second-order valence-electron chi connectivity index (χ2n) is 3.53. The Balaban J connectivity index is 3.02. The number of hydrogen-bond acceptors (Lipinski definition) is 2. The smallest absolute Gasteiger partial charge is 0.249 e. The first kappa shape index (κ1) is 11.4. The quantitative estimate of drug-likeness (QED) is 0.567. The van der Waals surface area contributed by atoms with E-state index in [0.717, 1.165) is 0 Å². The van der Waals surface area contributed by atoms with Crippen molar-refractivity contribution in [3.05, 3.63) is 51.5 Å². The number of benzene rings is 1. The minimum atomic E-state index is -0.409. The monoisotopic (exact) mass is 209 g/mol. The normalized spacial score (nSPS) is 11.9. The van der Waals surface area contributed by atoms with Crippen LogP contribution in [-0.4, -0.2) is 4.92 Å². The Labute approximate surface area is 87.4 Å². The molecule has 1 rings (SSSR count). The molecule has 0 N–H and O–H groups in total. The van der Waals surface area contributed by atoms with Gasteiger partial charge in [-0.15, -0.1) is 0 Å². The molecule has 0 radical (unpaired) electrons. The van der Waals surface area contributed by atoms with Crippen LogP contribution in [0.15, 0.2) is 30.0 Å². The molecule has 0 saturated carbocycles. The number of hydrogen-bond donors (Lipinski definition) is 0. The highest BCUT2D eigenvalue weighted by Gasteiger charge is 2.15. The van der Waals surface area contributed by atoms with Crippen molar-refractivity contribution in [2.24, 2.45) is 5.92 Å². The molecule has 0 aliphatic carbocycles. The van der Waals surface area contributed by atoms with Crippen LogP contribution in [0.4, 0.5) is 4.39 Å². The van der Waals surface area contributed by atoms with Gasteiger partial charge in [0.05, 0.1) is 4.92 Å². The van der Waals surface area contributed by atoms with Gasteiger partial charge in [-0.25, -0.2) is 4.39 Å². The van der Waals surface area contributed by atoms with E-state index < -0.39 is 4.92 Å². The zero-order valence-electron chi connectivity index (χ0n) is 8.61. The van der Waals surface area contributed by atoms with Crippen LogP contribution in [0.2, 0.25) is 0 Å². The molecule has 0 fully saturated rings. The minimum Gasteiger partial charge on any atom is -0.259 e. The van der Waals surface area contributed by atoms with Gasteiger partial charge >= 0.3 is 0 Å². The van der Waals surface area contributed by atoms with Crippen molar-refractivity contribution in [2.75, 3.05) is 0 Å². The van der Waals surface area contributed by atoms with E-state index >= 15 is 0 Å². The summed E-state index contributed by atoms with van der Waals surface area (Å²) in [6, 6.07) is 5.59. The number of rotatable bonds is 3. The molecule has 4 heteroatoms. The lowest BCUT2D eigenvalue weighted by molar-refractivity contribution is -0.431. The Morgan fingerprint density at radius 3 is 2.33 bits per heavy atom. The highest BCUT2D eigenvalue weighted by atomic mass is 19.1. The molecule has 80 valence electrons. The summed E-state index contributed by atoms with van der Waals surface area (Å²) in [7, 11) is 0. The van der Waals surface area contributed by atoms with Crippen molar-refractivity contribution >= 4 is 6.08 Å². The molecular weight excluding hydrogens is 197 g/mol. The maximum absolute atomic E-state index is 12.6. The summed E-state index contributed by atoms with van der Waals surface area (Å²) in [5.74, 6) is -0.510. The summed E-state index contributed by atoms with van der Waals surface area (Å²) in [5, 5.41) is 10.7. The maximum Gasteiger partial charge on any atom is 0.249 e. The molecule has 0 atom stereocenters. The fraction of sp³-hybridized carbons (Fsp3) is 0.273. The first-order valence-corrected chi connectivity index (χ1v) is 4.62. The molecule has 1 aromatic carbocycles. The number of nitrogens with zero attached hydrogens (tertiary/aromatic N) is 1. The average molecular weight is 209 g/mol. The van der Waals surface area contributed by atoms with E-state index in [2.05, 4.69) is 0 Å². The lowest BCUT2D eigenvalue weighted by Crippen LogP contribution is -2.05. The first-order chi connectivity index (χ1) is 7.00. The van der Waals surface area contributed by atoms with Gasteiger partial charge in [0.25, 0.3) is 0 Å². The average Bonchev–Trinajstić information content (AvgIpc) is 2.15. The Morgan fingerprint density at radius 1 is 1.40 bits per heavy atom. The summed E-state index contributed by atoms with van der Waals surface area (Å²) < 4.78 is 12.6. The Bertz CT molecular complexity index is 382. The highest BCUT2D eigenvalue weighted by Crippen LogP contribution is 2.15. The molecule has 0 aliphatic rings. The molecule has 15 heavy (non-hydrogen) atoms. The largest absolute Gasteiger partial charge is 0.259 e. The molecule has 0 unspecified atom stereocenters. The zero-order chi connectivity index (χ0) is 11.4. The topological polar surface area (TPSA) is 43.1 Å². The van der Waals surface area contributed by atoms with Crippen molar-refractivity contribution in [1.82, 2.24) is 0 Å². The lowest BCUT2D eigenvalue weighted by Gasteiger charge is -2.01. The summed E-state index contributed by atoms with van der Waals surface area (Å²) in [4.78, 5) is 10.3. The third-order valence-electron chi connectivity index (χ3n) is 1.99. The van der Waals surface area contributed by atoms with Crippen LogP contribution in [0.25, 0.3) is 6.08 Å². The second-order valence-corrected chi connectivity index (χ2v) is 3.53. The molecule has 0 amide bonds. The van der Waals surface area contributed by atoms with Crippen molar-refractivity contribution in [2.45, 2.75) is 13.8 Å². The van der Waals surface area contributed by atoms with E-state index in [0.29, 0.717) is 5.56 Å². The summed E-state index contributed by atoms with van der Waals surface area (Å²) >= 11 is 0. The van der Waals surface area contributed by atoms with Crippen LogP contribution in [0, 0.1) is 21.8 Å². The Kier molecular flexibility index (Phi) is 3.55. The molecule has 1 aromatic rings. The predicted molar refractivity (Wildman–Crippen MR) is 56.2 cm³/mol. The van der Waals surface area contributed by atoms with Crippen LogP contribution in [0.5, 0.6) is 0 Å². The zero-order valence-corrected chi connectivity index (χ0v) is 8.61. The fourth-order valence-corrected chi connectivity index (χ4v) is 1.16. The van der Waals surface area contributed by atoms with Gasteiger partial charge in [-0.3, -0.25) is 10.1 Å². The van der Waals surface area contributed by atoms with Gasteiger partial charge < -0.3 is 0 Å². The molecule has 0 heterocycles. The Morgan fingerprint density at radius 2 is 1.93 bits per heavy atom. The molecule has 3 nitrogen and oxygen atoms in total. The van der Waals surface area contributed by atoms with E-state index in [1.165, 1.54) is 30.3 Å². The lowest BCUT2D eigenvalue weighted by atomic mass is 10.1.